The zero-order valence-electron chi connectivity index (χ0n) is 11.6. The molecule has 0 bridgehead atoms. The van der Waals surface area contributed by atoms with Crippen LogP contribution in [0.1, 0.15) is 5.56 Å². The number of benzene rings is 1. The molecule has 0 radical (unpaired) electrons. The number of rotatable bonds is 4. The van der Waals surface area contributed by atoms with E-state index < -0.39 is 12.0 Å². The average Bonchev–Trinajstić information content (AvgIpc) is 2.48. The van der Waals surface area contributed by atoms with Gasteiger partial charge in [0, 0.05) is 11.8 Å². The van der Waals surface area contributed by atoms with Gasteiger partial charge in [0.05, 0.1) is 12.8 Å². The Balaban J connectivity index is 0.00000200. The van der Waals surface area contributed by atoms with E-state index in [0.717, 1.165) is 16.8 Å². The fraction of sp³-hybridized carbons (Fsp3) is 0.200. The first-order chi connectivity index (χ1) is 9.20. The molecule has 2 N–H and O–H groups in total. The molecule has 0 saturated carbocycles. The molecule has 1 atom stereocenters. The summed E-state index contributed by atoms with van der Waals surface area (Å²) < 4.78 is 4.60. The number of carbonyl (C=O) groups is 1. The lowest BCUT2D eigenvalue weighted by Gasteiger charge is -2.09. The molecule has 0 saturated heterocycles. The van der Waals surface area contributed by atoms with Gasteiger partial charge < -0.3 is 10.5 Å². The van der Waals surface area contributed by atoms with Crippen LogP contribution in [0, 0.1) is 0 Å². The van der Waals surface area contributed by atoms with Gasteiger partial charge in [0.15, 0.2) is 0 Å². The number of nitrogens with two attached hydrogens (primary N) is 1. The molecule has 6 heteroatoms. The van der Waals surface area contributed by atoms with Crippen LogP contribution in [0.25, 0.3) is 11.3 Å². The van der Waals surface area contributed by atoms with Crippen LogP contribution in [-0.2, 0) is 16.0 Å². The minimum Gasteiger partial charge on any atom is -0.468 e. The van der Waals surface area contributed by atoms with Crippen molar-refractivity contribution in [2.75, 3.05) is 7.11 Å². The summed E-state index contributed by atoms with van der Waals surface area (Å²) in [5.41, 5.74) is 8.68. The Morgan fingerprint density at radius 3 is 2.38 bits per heavy atom. The molecule has 0 aliphatic carbocycles. The summed E-state index contributed by atoms with van der Waals surface area (Å²) in [6, 6.07) is 13.0. The zero-order valence-corrected chi connectivity index (χ0v) is 13.2. The Kier molecular flexibility index (Phi) is 8.62. The summed E-state index contributed by atoms with van der Waals surface area (Å²) in [5, 5.41) is 0. The van der Waals surface area contributed by atoms with Crippen LogP contribution in [0.4, 0.5) is 0 Å². The highest BCUT2D eigenvalue weighted by Gasteiger charge is 2.14. The normalized spacial score (nSPS) is 10.8. The molecular formula is C15H18Cl2N2O2. The smallest absolute Gasteiger partial charge is 0.322 e. The maximum atomic E-state index is 11.2. The van der Waals surface area contributed by atoms with Crippen molar-refractivity contribution in [1.82, 2.24) is 4.98 Å². The van der Waals surface area contributed by atoms with Crippen LogP contribution in [0.5, 0.6) is 0 Å². The first-order valence-electron chi connectivity index (χ1n) is 6.04. The maximum absolute atomic E-state index is 11.2. The monoisotopic (exact) mass is 328 g/mol. The lowest BCUT2D eigenvalue weighted by Crippen LogP contribution is -2.33. The number of hydrogen-bond donors (Lipinski definition) is 1. The summed E-state index contributed by atoms with van der Waals surface area (Å²) in [6.45, 7) is 0. The molecule has 114 valence electrons. The Labute approximate surface area is 136 Å². The third kappa shape index (κ3) is 5.34. The highest BCUT2D eigenvalue weighted by molar-refractivity contribution is 5.85. The van der Waals surface area contributed by atoms with Gasteiger partial charge in [-0.05, 0) is 24.1 Å². The molecule has 1 aromatic heterocycles. The fourth-order valence-electron chi connectivity index (χ4n) is 1.83. The zero-order chi connectivity index (χ0) is 13.7. The average molecular weight is 329 g/mol. The van der Waals surface area contributed by atoms with Crippen LogP contribution >= 0.6 is 24.8 Å². The molecule has 0 fully saturated rings. The van der Waals surface area contributed by atoms with Crippen molar-refractivity contribution in [3.8, 4) is 11.3 Å². The first-order valence-corrected chi connectivity index (χ1v) is 6.04. The lowest BCUT2D eigenvalue weighted by atomic mass is 10.0. The van der Waals surface area contributed by atoms with Crippen LogP contribution < -0.4 is 5.73 Å². The van der Waals surface area contributed by atoms with E-state index in [1.54, 1.807) is 6.20 Å². The molecule has 0 amide bonds. The van der Waals surface area contributed by atoms with Crippen molar-refractivity contribution in [3.05, 3.63) is 54.2 Å². The Bertz CT molecular complexity index is 547. The van der Waals surface area contributed by atoms with Gasteiger partial charge in [0.1, 0.15) is 6.04 Å². The number of esters is 1. The summed E-state index contributed by atoms with van der Waals surface area (Å²) in [6.07, 6.45) is 2.23. The van der Waals surface area contributed by atoms with Crippen LogP contribution in [0.3, 0.4) is 0 Å². The molecule has 0 aliphatic rings. The second-order valence-electron chi connectivity index (χ2n) is 4.25. The first kappa shape index (κ1) is 19.4. The predicted molar refractivity (Wildman–Crippen MR) is 87.9 cm³/mol. The quantitative estimate of drug-likeness (QED) is 0.876. The second-order valence-corrected chi connectivity index (χ2v) is 4.25. The van der Waals surface area contributed by atoms with Crippen molar-refractivity contribution in [1.29, 1.82) is 0 Å². The standard InChI is InChI=1S/C15H16N2O2.2ClH/c1-19-15(18)13(16)10-11-5-7-12(8-6-11)14-4-2-3-9-17-14;;/h2-9,13H,10,16H2,1H3;2*1H/t13-;;/m0../s1. The molecule has 2 rings (SSSR count). The number of pyridine rings is 1. The molecule has 4 nitrogen and oxygen atoms in total. The van der Waals surface area contributed by atoms with Gasteiger partial charge in [-0.1, -0.05) is 30.3 Å². The number of nitrogens with zero attached hydrogens (tertiary/aromatic N) is 1. The van der Waals surface area contributed by atoms with E-state index in [4.69, 9.17) is 5.73 Å². The Morgan fingerprint density at radius 2 is 1.86 bits per heavy atom. The summed E-state index contributed by atoms with van der Waals surface area (Å²) in [4.78, 5) is 15.5. The van der Waals surface area contributed by atoms with E-state index in [1.807, 2.05) is 42.5 Å². The second kappa shape index (κ2) is 9.34. The minimum absolute atomic E-state index is 0. The molecule has 2 aromatic rings. The predicted octanol–water partition coefficient (Wildman–Crippen LogP) is 2.64. The largest absolute Gasteiger partial charge is 0.468 e. The minimum atomic E-state index is -0.620. The maximum Gasteiger partial charge on any atom is 0.322 e. The number of carbonyl (C=O) groups excluding carboxylic acids is 1. The van der Waals surface area contributed by atoms with E-state index in [9.17, 15) is 4.79 Å². The van der Waals surface area contributed by atoms with Gasteiger partial charge in [-0.15, -0.1) is 24.8 Å². The van der Waals surface area contributed by atoms with E-state index in [-0.39, 0.29) is 24.8 Å². The number of methoxy groups -OCH3 is 1. The third-order valence-electron chi connectivity index (χ3n) is 2.87. The molecule has 0 unspecified atom stereocenters. The Hall–Kier alpha value is -1.62. The van der Waals surface area contributed by atoms with Crippen molar-refractivity contribution < 1.29 is 9.53 Å². The summed E-state index contributed by atoms with van der Waals surface area (Å²) in [7, 11) is 1.34. The highest BCUT2D eigenvalue weighted by Crippen LogP contribution is 2.17. The summed E-state index contributed by atoms with van der Waals surface area (Å²) >= 11 is 0. The van der Waals surface area contributed by atoms with Crippen LogP contribution in [0.15, 0.2) is 48.7 Å². The highest BCUT2D eigenvalue weighted by atomic mass is 35.5. The van der Waals surface area contributed by atoms with Gasteiger partial charge in [-0.2, -0.15) is 0 Å². The molecule has 0 aliphatic heterocycles. The van der Waals surface area contributed by atoms with Crippen molar-refractivity contribution >= 4 is 30.8 Å². The van der Waals surface area contributed by atoms with E-state index >= 15 is 0 Å². The summed E-state index contributed by atoms with van der Waals surface area (Å²) in [5.74, 6) is -0.395. The third-order valence-corrected chi connectivity index (χ3v) is 2.87. The van der Waals surface area contributed by atoms with Crippen molar-refractivity contribution in [2.24, 2.45) is 5.73 Å². The van der Waals surface area contributed by atoms with Crippen molar-refractivity contribution in [2.45, 2.75) is 12.5 Å². The van der Waals surface area contributed by atoms with E-state index in [0.29, 0.717) is 6.42 Å². The van der Waals surface area contributed by atoms with E-state index in [2.05, 4.69) is 9.72 Å². The van der Waals surface area contributed by atoms with Crippen LogP contribution in [0.2, 0.25) is 0 Å². The van der Waals surface area contributed by atoms with Gasteiger partial charge in [0.2, 0.25) is 0 Å². The number of aromatic nitrogens is 1. The molecular weight excluding hydrogens is 311 g/mol. The SMILES string of the molecule is COC(=O)[C@@H](N)Cc1ccc(-c2ccccn2)cc1.Cl.Cl. The fourth-order valence-corrected chi connectivity index (χ4v) is 1.83. The molecule has 0 spiro atoms. The van der Waals surface area contributed by atoms with Gasteiger partial charge in [-0.25, -0.2) is 0 Å². The molecule has 1 heterocycles. The van der Waals surface area contributed by atoms with Crippen LogP contribution in [-0.4, -0.2) is 24.1 Å². The number of hydrogen-bond acceptors (Lipinski definition) is 4. The van der Waals surface area contributed by atoms with Gasteiger partial charge >= 0.3 is 5.97 Å². The van der Waals surface area contributed by atoms with Crippen molar-refractivity contribution in [3.63, 3.8) is 0 Å². The van der Waals surface area contributed by atoms with E-state index in [1.165, 1.54) is 7.11 Å². The topological polar surface area (TPSA) is 65.2 Å². The lowest BCUT2D eigenvalue weighted by molar-refractivity contribution is -0.142. The number of ether oxygens (including phenoxy) is 1. The molecule has 1 aromatic carbocycles. The Morgan fingerprint density at radius 1 is 1.19 bits per heavy atom. The van der Waals surface area contributed by atoms with Gasteiger partial charge in [0.25, 0.3) is 0 Å². The number of halogens is 2. The molecule has 21 heavy (non-hydrogen) atoms. The van der Waals surface area contributed by atoms with Gasteiger partial charge in [-0.3, -0.25) is 9.78 Å².